The van der Waals surface area contributed by atoms with Gasteiger partial charge in [-0.2, -0.15) is 9.38 Å². The third-order valence-electron chi connectivity index (χ3n) is 2.79. The molecule has 1 aliphatic heterocycles. The van der Waals surface area contributed by atoms with Crippen molar-refractivity contribution >= 4 is 18.0 Å². The van der Waals surface area contributed by atoms with Crippen molar-refractivity contribution in [2.24, 2.45) is 4.99 Å². The van der Waals surface area contributed by atoms with Gasteiger partial charge in [0.05, 0.1) is 7.05 Å². The molecule has 0 fully saturated rings. The van der Waals surface area contributed by atoms with Gasteiger partial charge in [-0.05, 0) is 26.8 Å². The highest BCUT2D eigenvalue weighted by molar-refractivity contribution is 5.78. The highest BCUT2D eigenvalue weighted by Gasteiger charge is 2.30. The number of quaternary nitrogens is 1. The van der Waals surface area contributed by atoms with E-state index in [0.717, 1.165) is 0 Å². The molecule has 0 saturated heterocycles. The predicted octanol–water partition coefficient (Wildman–Crippen LogP) is 2.35. The minimum absolute atomic E-state index is 0.137. The Labute approximate surface area is 123 Å². The summed E-state index contributed by atoms with van der Waals surface area (Å²) in [5, 5.41) is 0. The van der Waals surface area contributed by atoms with E-state index in [1.807, 2.05) is 27.8 Å². The first-order valence-electron chi connectivity index (χ1n) is 6.64. The molecule has 2 heterocycles. The van der Waals surface area contributed by atoms with E-state index in [1.54, 1.807) is 18.6 Å². The van der Waals surface area contributed by atoms with Crippen LogP contribution >= 0.6 is 0 Å². The van der Waals surface area contributed by atoms with Crippen molar-refractivity contribution in [2.75, 3.05) is 13.6 Å². The van der Waals surface area contributed by atoms with Gasteiger partial charge in [-0.25, -0.2) is 14.3 Å². The molecule has 21 heavy (non-hydrogen) atoms. The van der Waals surface area contributed by atoms with Crippen LogP contribution in [0.25, 0.3) is 5.70 Å². The zero-order valence-electron chi connectivity index (χ0n) is 12.6. The lowest BCUT2D eigenvalue weighted by Gasteiger charge is -2.24. The molecule has 0 spiro atoms. The van der Waals surface area contributed by atoms with E-state index in [4.69, 9.17) is 4.74 Å². The zero-order valence-corrected chi connectivity index (χ0v) is 12.6. The van der Waals surface area contributed by atoms with Crippen molar-refractivity contribution in [3.8, 4) is 0 Å². The molecule has 1 aliphatic rings. The summed E-state index contributed by atoms with van der Waals surface area (Å²) >= 11 is 0. The van der Waals surface area contributed by atoms with Crippen LogP contribution in [0.1, 0.15) is 26.3 Å². The summed E-state index contributed by atoms with van der Waals surface area (Å²) in [6, 6.07) is 2.99. The van der Waals surface area contributed by atoms with Crippen LogP contribution in [0, 0.1) is 5.95 Å². The van der Waals surface area contributed by atoms with Crippen LogP contribution in [0.5, 0.6) is 0 Å². The molecule has 1 aromatic heterocycles. The number of carbonyl (C=O) groups is 1. The maximum atomic E-state index is 13.1. The summed E-state index contributed by atoms with van der Waals surface area (Å²) in [6.07, 6.45) is 4.81. The van der Waals surface area contributed by atoms with E-state index < -0.39 is 11.5 Å². The first-order chi connectivity index (χ1) is 9.67. The van der Waals surface area contributed by atoms with Crippen LogP contribution < -0.4 is 0 Å². The topological polar surface area (TPSA) is 51.5 Å². The Hall–Kier alpha value is -2.08. The first-order valence-corrected chi connectivity index (χ1v) is 6.64. The third kappa shape index (κ3) is 4.19. The average Bonchev–Trinajstić information content (AvgIpc) is 2.68. The second-order valence-electron chi connectivity index (χ2n) is 6.22. The summed E-state index contributed by atoms with van der Waals surface area (Å²) < 4.78 is 18.6. The van der Waals surface area contributed by atoms with Gasteiger partial charge in [-0.1, -0.05) is 0 Å². The van der Waals surface area contributed by atoms with Gasteiger partial charge < -0.3 is 4.74 Å². The molecule has 2 rings (SSSR count). The SMILES string of the molecule is CC(C)(C)OC(=O)C[N+]1(C)C=NC(c2ccnc(F)c2)=C1. The van der Waals surface area contributed by atoms with Crippen molar-refractivity contribution in [1.82, 2.24) is 4.98 Å². The number of esters is 1. The van der Waals surface area contributed by atoms with Crippen molar-refractivity contribution in [1.29, 1.82) is 0 Å². The smallest absolute Gasteiger partial charge is 0.363 e. The van der Waals surface area contributed by atoms with Gasteiger partial charge in [-0.15, -0.1) is 0 Å². The largest absolute Gasteiger partial charge is 0.456 e. The molecule has 0 aromatic carbocycles. The number of ether oxygens (including phenoxy) is 1. The standard InChI is InChI=1S/C15H19FN3O2/c1-15(2,3)21-14(20)9-19(4)8-12(18-10-19)11-5-6-17-13(16)7-11/h5-8,10H,9H2,1-4H3/q+1. The molecule has 1 unspecified atom stereocenters. The van der Waals surface area contributed by atoms with E-state index in [1.165, 1.54) is 12.3 Å². The van der Waals surface area contributed by atoms with Gasteiger partial charge in [0.15, 0.2) is 12.9 Å². The van der Waals surface area contributed by atoms with Gasteiger partial charge in [-0.3, -0.25) is 0 Å². The van der Waals surface area contributed by atoms with Gasteiger partial charge >= 0.3 is 5.97 Å². The van der Waals surface area contributed by atoms with Crippen LogP contribution in [0.15, 0.2) is 29.5 Å². The Bertz CT molecular complexity index is 620. The van der Waals surface area contributed by atoms with Crippen LogP contribution in [-0.4, -0.2) is 41.0 Å². The lowest BCUT2D eigenvalue weighted by atomic mass is 10.2. The maximum Gasteiger partial charge on any atom is 0.363 e. The number of likely N-dealkylation sites (N-methyl/N-ethyl adjacent to an activating group) is 1. The molecule has 6 heteroatoms. The van der Waals surface area contributed by atoms with Crippen molar-refractivity contribution < 1.29 is 18.4 Å². The molecule has 1 aromatic rings. The molecule has 0 bridgehead atoms. The monoisotopic (exact) mass is 292 g/mol. The number of carbonyl (C=O) groups excluding carboxylic acids is 1. The number of hydrogen-bond donors (Lipinski definition) is 0. The molecule has 112 valence electrons. The Morgan fingerprint density at radius 2 is 2.14 bits per heavy atom. The summed E-state index contributed by atoms with van der Waals surface area (Å²) in [4.78, 5) is 19.7. The predicted molar refractivity (Wildman–Crippen MR) is 77.6 cm³/mol. The van der Waals surface area contributed by atoms with Crippen LogP contribution in [0.3, 0.4) is 0 Å². The normalized spacial score (nSPS) is 21.3. The Kier molecular flexibility index (Phi) is 3.91. The molecular weight excluding hydrogens is 273 g/mol. The minimum atomic E-state index is -0.558. The number of aromatic nitrogens is 1. The quantitative estimate of drug-likeness (QED) is 0.488. The van der Waals surface area contributed by atoms with Crippen LogP contribution in [0.2, 0.25) is 0 Å². The number of aliphatic imine (C=N–C) groups is 1. The minimum Gasteiger partial charge on any atom is -0.456 e. The lowest BCUT2D eigenvalue weighted by molar-refractivity contribution is -0.747. The van der Waals surface area contributed by atoms with Crippen LogP contribution in [-0.2, 0) is 9.53 Å². The Morgan fingerprint density at radius 1 is 1.43 bits per heavy atom. The van der Waals surface area contributed by atoms with Crippen molar-refractivity contribution in [3.05, 3.63) is 36.0 Å². The number of halogens is 1. The molecule has 0 aliphatic carbocycles. The van der Waals surface area contributed by atoms with Crippen LogP contribution in [0.4, 0.5) is 4.39 Å². The van der Waals surface area contributed by atoms with E-state index in [-0.39, 0.29) is 17.0 Å². The van der Waals surface area contributed by atoms with E-state index in [0.29, 0.717) is 11.3 Å². The fraction of sp³-hybridized carbons (Fsp3) is 0.400. The highest BCUT2D eigenvalue weighted by Crippen LogP contribution is 2.24. The molecule has 0 saturated carbocycles. The number of rotatable bonds is 3. The van der Waals surface area contributed by atoms with Gasteiger partial charge in [0.1, 0.15) is 17.5 Å². The van der Waals surface area contributed by atoms with Crippen molar-refractivity contribution in [2.45, 2.75) is 26.4 Å². The summed E-state index contributed by atoms with van der Waals surface area (Å²) in [6.45, 7) is 5.61. The fourth-order valence-electron chi connectivity index (χ4n) is 1.99. The Morgan fingerprint density at radius 3 is 2.76 bits per heavy atom. The first kappa shape index (κ1) is 15.3. The zero-order chi connectivity index (χ0) is 15.7. The van der Waals surface area contributed by atoms with Crippen molar-refractivity contribution in [3.63, 3.8) is 0 Å². The van der Waals surface area contributed by atoms with E-state index in [9.17, 15) is 9.18 Å². The Balaban J connectivity index is 2.12. The van der Waals surface area contributed by atoms with E-state index in [2.05, 4.69) is 9.98 Å². The summed E-state index contributed by atoms with van der Waals surface area (Å²) in [5.74, 6) is -0.869. The molecule has 0 N–H and O–H groups in total. The summed E-state index contributed by atoms with van der Waals surface area (Å²) in [7, 11) is 1.83. The molecular formula is C15H19FN3O2+. The number of pyridine rings is 1. The molecule has 1 atom stereocenters. The molecule has 0 radical (unpaired) electrons. The second-order valence-corrected chi connectivity index (χ2v) is 6.22. The van der Waals surface area contributed by atoms with Gasteiger partial charge in [0, 0.05) is 17.8 Å². The number of nitrogens with zero attached hydrogens (tertiary/aromatic N) is 3. The fourth-order valence-corrected chi connectivity index (χ4v) is 1.99. The second kappa shape index (κ2) is 5.37. The van der Waals surface area contributed by atoms with E-state index >= 15 is 0 Å². The number of hydrogen-bond acceptors (Lipinski definition) is 4. The average molecular weight is 292 g/mol. The molecule has 5 nitrogen and oxygen atoms in total. The maximum absolute atomic E-state index is 13.1. The van der Waals surface area contributed by atoms with Gasteiger partial charge in [0.2, 0.25) is 5.95 Å². The van der Waals surface area contributed by atoms with Gasteiger partial charge in [0.25, 0.3) is 0 Å². The summed E-state index contributed by atoms with van der Waals surface area (Å²) in [5.41, 5.74) is 0.723. The highest BCUT2D eigenvalue weighted by atomic mass is 19.1. The molecule has 0 amide bonds. The lowest BCUT2D eigenvalue weighted by Crippen LogP contribution is -2.42. The third-order valence-corrected chi connectivity index (χ3v) is 2.79.